The number of carbonyl (C=O) groups is 1. The number of nitrogens with zero attached hydrogens (tertiary/aromatic N) is 1. The van der Waals surface area contributed by atoms with E-state index >= 15 is 0 Å². The molecule has 0 aliphatic carbocycles. The summed E-state index contributed by atoms with van der Waals surface area (Å²) >= 11 is 0. The van der Waals surface area contributed by atoms with E-state index in [4.69, 9.17) is 9.57 Å². The Balaban J connectivity index is 1.90. The van der Waals surface area contributed by atoms with E-state index in [1.165, 1.54) is 6.92 Å². The van der Waals surface area contributed by atoms with Gasteiger partial charge in [-0.15, -0.1) is 0 Å². The van der Waals surface area contributed by atoms with Crippen LogP contribution in [0.5, 0.6) is 0 Å². The van der Waals surface area contributed by atoms with E-state index in [1.54, 1.807) is 30.3 Å². The van der Waals surface area contributed by atoms with Crippen LogP contribution in [-0.4, -0.2) is 35.7 Å². The number of ether oxygens (including phenoxy) is 1. The Hall–Kier alpha value is -2.73. The van der Waals surface area contributed by atoms with E-state index in [0.717, 1.165) is 11.8 Å². The first-order chi connectivity index (χ1) is 12.1. The molecule has 3 atom stereocenters. The summed E-state index contributed by atoms with van der Waals surface area (Å²) in [5.74, 6) is -0.715. The molecule has 6 heteroatoms. The van der Waals surface area contributed by atoms with Gasteiger partial charge in [0.05, 0.1) is 17.9 Å². The molecule has 0 aliphatic rings. The second kappa shape index (κ2) is 9.54. The van der Waals surface area contributed by atoms with E-state index in [2.05, 4.69) is 5.16 Å². The Morgan fingerprint density at radius 2 is 1.76 bits per heavy atom. The minimum atomic E-state index is -1.80. The number of alkyl halides is 1. The highest BCUT2D eigenvalue weighted by atomic mass is 19.1. The Labute approximate surface area is 145 Å². The molecule has 0 spiro atoms. The monoisotopic (exact) mass is 345 g/mol. The normalized spacial score (nSPS) is 14.7. The predicted molar refractivity (Wildman–Crippen MR) is 91.9 cm³/mol. The maximum atomic E-state index is 14.3. The molecule has 0 amide bonds. The molecule has 0 heterocycles. The summed E-state index contributed by atoms with van der Waals surface area (Å²) in [6, 6.07) is 17.5. The third kappa shape index (κ3) is 6.00. The van der Waals surface area contributed by atoms with Gasteiger partial charge in [-0.3, -0.25) is 0 Å². The van der Waals surface area contributed by atoms with E-state index < -0.39 is 24.3 Å². The summed E-state index contributed by atoms with van der Waals surface area (Å²) in [6.45, 7) is 1.53. The molecule has 0 bridgehead atoms. The number of oxime groups is 1. The van der Waals surface area contributed by atoms with Crippen LogP contribution in [0.15, 0.2) is 65.8 Å². The summed E-state index contributed by atoms with van der Waals surface area (Å²) in [4.78, 5) is 17.0. The third-order valence-corrected chi connectivity index (χ3v) is 3.39. The molecule has 0 aliphatic heterocycles. The van der Waals surface area contributed by atoms with Crippen LogP contribution in [0, 0.1) is 0 Å². The highest BCUT2D eigenvalue weighted by Gasteiger charge is 2.29. The number of aliphatic hydroxyl groups excluding tert-OH is 1. The average molecular weight is 345 g/mol. The van der Waals surface area contributed by atoms with Crippen molar-refractivity contribution >= 4 is 12.2 Å². The van der Waals surface area contributed by atoms with Crippen LogP contribution in [0.3, 0.4) is 0 Å². The molecule has 5 nitrogen and oxygen atoms in total. The van der Waals surface area contributed by atoms with Crippen LogP contribution >= 0.6 is 0 Å². The van der Waals surface area contributed by atoms with Crippen molar-refractivity contribution in [2.45, 2.75) is 31.9 Å². The average Bonchev–Trinajstić information content (AvgIpc) is 2.64. The van der Waals surface area contributed by atoms with Gasteiger partial charge in [0.15, 0.2) is 12.3 Å². The zero-order valence-corrected chi connectivity index (χ0v) is 13.8. The topological polar surface area (TPSA) is 68.1 Å². The van der Waals surface area contributed by atoms with Crippen molar-refractivity contribution in [3.8, 4) is 0 Å². The Bertz CT molecular complexity index is 676. The molecule has 0 aromatic heterocycles. The quantitative estimate of drug-likeness (QED) is 0.453. The van der Waals surface area contributed by atoms with Crippen molar-refractivity contribution < 1.29 is 23.9 Å². The zero-order chi connectivity index (χ0) is 18.1. The van der Waals surface area contributed by atoms with Crippen molar-refractivity contribution in [2.24, 2.45) is 5.16 Å². The summed E-state index contributed by atoms with van der Waals surface area (Å²) in [7, 11) is 0. The number of aliphatic hydroxyl groups is 1. The van der Waals surface area contributed by atoms with Gasteiger partial charge in [-0.2, -0.15) is 0 Å². The lowest BCUT2D eigenvalue weighted by molar-refractivity contribution is -0.0313. The van der Waals surface area contributed by atoms with Gasteiger partial charge in [0.1, 0.15) is 6.61 Å². The molecule has 0 fully saturated rings. The molecule has 2 aromatic rings. The fourth-order valence-electron chi connectivity index (χ4n) is 2.07. The van der Waals surface area contributed by atoms with Gasteiger partial charge in [0, 0.05) is 0 Å². The van der Waals surface area contributed by atoms with Crippen LogP contribution in [-0.2, 0) is 16.2 Å². The maximum absolute atomic E-state index is 14.3. The molecule has 2 rings (SSSR count). The van der Waals surface area contributed by atoms with Crippen LogP contribution < -0.4 is 0 Å². The van der Waals surface area contributed by atoms with Crippen LogP contribution in [0.2, 0.25) is 0 Å². The largest absolute Gasteiger partial charge is 0.452 e. The molecule has 0 saturated heterocycles. The lowest BCUT2D eigenvalue weighted by atomic mass is 10.1. The van der Waals surface area contributed by atoms with Crippen molar-refractivity contribution in [2.75, 3.05) is 0 Å². The standard InChI is InChI=1S/C19H20FNO4/c1-14(22)18(25-19(23)16-10-6-3-7-11-16)17(20)12-21-24-13-15-8-4-2-5-9-15/h2-12,14,17-18,22H,13H2,1H3/t14-,17-,18-/m1/s1. The van der Waals surface area contributed by atoms with Crippen molar-refractivity contribution in [3.05, 3.63) is 71.8 Å². The SMILES string of the molecule is C[C@@H](O)[C@@H](OC(=O)c1ccccc1)[C@H](F)C=NOCc1ccccc1. The van der Waals surface area contributed by atoms with Gasteiger partial charge in [0.2, 0.25) is 0 Å². The number of benzene rings is 2. The van der Waals surface area contributed by atoms with Gasteiger partial charge in [0.25, 0.3) is 0 Å². The molecule has 0 unspecified atom stereocenters. The first kappa shape index (κ1) is 18.6. The van der Waals surface area contributed by atoms with E-state index in [-0.39, 0.29) is 12.2 Å². The lowest BCUT2D eigenvalue weighted by Crippen LogP contribution is -2.38. The fourth-order valence-corrected chi connectivity index (χ4v) is 2.07. The minimum absolute atomic E-state index is 0.188. The van der Waals surface area contributed by atoms with E-state index in [9.17, 15) is 14.3 Å². The summed E-state index contributed by atoms with van der Waals surface area (Å²) in [5.41, 5.74) is 1.16. The first-order valence-corrected chi connectivity index (χ1v) is 7.85. The second-order valence-electron chi connectivity index (χ2n) is 5.43. The molecule has 132 valence electrons. The zero-order valence-electron chi connectivity index (χ0n) is 13.8. The molecule has 1 N–H and O–H groups in total. The van der Waals surface area contributed by atoms with Gasteiger partial charge in [-0.1, -0.05) is 53.7 Å². The van der Waals surface area contributed by atoms with Crippen LogP contribution in [0.25, 0.3) is 0 Å². The molecular formula is C19H20FNO4. The summed E-state index contributed by atoms with van der Waals surface area (Å²) < 4.78 is 19.3. The van der Waals surface area contributed by atoms with Gasteiger partial charge >= 0.3 is 5.97 Å². The molecule has 2 aromatic carbocycles. The number of esters is 1. The van der Waals surface area contributed by atoms with Gasteiger partial charge < -0.3 is 14.7 Å². The van der Waals surface area contributed by atoms with Crippen LogP contribution in [0.4, 0.5) is 4.39 Å². The van der Waals surface area contributed by atoms with Crippen LogP contribution in [0.1, 0.15) is 22.8 Å². The number of rotatable bonds is 8. The van der Waals surface area contributed by atoms with Crippen molar-refractivity contribution in [1.82, 2.24) is 0 Å². The highest BCUT2D eigenvalue weighted by molar-refractivity contribution is 5.89. The summed E-state index contributed by atoms with van der Waals surface area (Å²) in [5, 5.41) is 13.2. The van der Waals surface area contributed by atoms with Gasteiger partial charge in [-0.05, 0) is 24.6 Å². The Morgan fingerprint density at radius 3 is 2.36 bits per heavy atom. The maximum Gasteiger partial charge on any atom is 0.338 e. The van der Waals surface area contributed by atoms with Gasteiger partial charge in [-0.25, -0.2) is 9.18 Å². The molecular weight excluding hydrogens is 325 g/mol. The first-order valence-electron chi connectivity index (χ1n) is 7.85. The predicted octanol–water partition coefficient (Wildman–Crippen LogP) is 3.13. The second-order valence-corrected chi connectivity index (χ2v) is 5.43. The Kier molecular flexibility index (Phi) is 7.10. The number of hydrogen-bond donors (Lipinski definition) is 1. The molecule has 0 saturated carbocycles. The third-order valence-electron chi connectivity index (χ3n) is 3.39. The molecule has 25 heavy (non-hydrogen) atoms. The number of hydrogen-bond acceptors (Lipinski definition) is 5. The molecule has 0 radical (unpaired) electrons. The summed E-state index contributed by atoms with van der Waals surface area (Å²) in [6.07, 6.45) is -3.51. The minimum Gasteiger partial charge on any atom is -0.452 e. The highest BCUT2D eigenvalue weighted by Crippen LogP contribution is 2.12. The van der Waals surface area contributed by atoms with E-state index in [0.29, 0.717) is 0 Å². The number of carbonyl (C=O) groups excluding carboxylic acids is 1. The lowest BCUT2D eigenvalue weighted by Gasteiger charge is -2.21. The Morgan fingerprint density at radius 1 is 1.16 bits per heavy atom. The van der Waals surface area contributed by atoms with Crippen molar-refractivity contribution in [1.29, 1.82) is 0 Å². The van der Waals surface area contributed by atoms with Crippen molar-refractivity contribution in [3.63, 3.8) is 0 Å². The smallest absolute Gasteiger partial charge is 0.338 e. The number of halogens is 1. The van der Waals surface area contributed by atoms with E-state index in [1.807, 2.05) is 30.3 Å². The fraction of sp³-hybridized carbons (Fsp3) is 0.263.